The highest BCUT2D eigenvalue weighted by Gasteiger charge is 2.38. The Hall–Kier alpha value is -2.76. The number of imide groups is 1. The fourth-order valence-electron chi connectivity index (χ4n) is 2.24. The second-order valence-electron chi connectivity index (χ2n) is 5.07. The molecule has 1 aliphatic heterocycles. The van der Waals surface area contributed by atoms with Gasteiger partial charge in [0, 0.05) is 11.1 Å². The van der Waals surface area contributed by atoms with E-state index in [9.17, 15) is 19.6 Å². The third-order valence-corrected chi connectivity index (χ3v) is 5.17. The van der Waals surface area contributed by atoms with Crippen LogP contribution in [0.3, 0.4) is 0 Å². The van der Waals surface area contributed by atoms with E-state index in [1.807, 2.05) is 23.6 Å². The zero-order valence-electron chi connectivity index (χ0n) is 12.8. The van der Waals surface area contributed by atoms with Gasteiger partial charge >= 0.3 is 0 Å². The van der Waals surface area contributed by atoms with Gasteiger partial charge in [-0.15, -0.1) is 11.3 Å². The van der Waals surface area contributed by atoms with Gasteiger partial charge in [-0.1, -0.05) is 12.1 Å². The molecule has 0 aromatic carbocycles. The number of hydrogen-bond acceptors (Lipinski definition) is 7. The van der Waals surface area contributed by atoms with Crippen molar-refractivity contribution >= 4 is 46.1 Å². The molecule has 3 heterocycles. The number of carbonyl (C=O) groups excluding carboxylic acids is 3. The summed E-state index contributed by atoms with van der Waals surface area (Å²) < 4.78 is 0. The number of nitrogens with zero attached hydrogens (tertiary/aromatic N) is 3. The van der Waals surface area contributed by atoms with Gasteiger partial charge in [0.15, 0.2) is 5.78 Å². The summed E-state index contributed by atoms with van der Waals surface area (Å²) in [6, 6.07) is 10.5. The summed E-state index contributed by atoms with van der Waals surface area (Å²) in [6.07, 6.45) is 3.11. The summed E-state index contributed by atoms with van der Waals surface area (Å²) in [6.45, 7) is -0.443. The second-order valence-corrected chi connectivity index (χ2v) is 7.04. The third-order valence-electron chi connectivity index (χ3n) is 3.44. The molecule has 0 aliphatic carbocycles. The molecule has 8 heteroatoms. The molecular weight excluding hydrogens is 358 g/mol. The van der Waals surface area contributed by atoms with E-state index >= 15 is 0 Å². The molecule has 2 aromatic rings. The van der Waals surface area contributed by atoms with Crippen molar-refractivity contribution in [1.29, 1.82) is 5.26 Å². The molecule has 2 amide bonds. The second kappa shape index (κ2) is 7.42. The van der Waals surface area contributed by atoms with Gasteiger partial charge in [-0.05, 0) is 41.4 Å². The van der Waals surface area contributed by atoms with Crippen LogP contribution < -0.4 is 0 Å². The molecule has 124 valence electrons. The fourth-order valence-corrected chi connectivity index (χ4v) is 3.80. The zero-order valence-corrected chi connectivity index (χ0v) is 14.4. The topological polar surface area (TPSA) is 91.1 Å². The third kappa shape index (κ3) is 3.68. The molecule has 6 nitrogen and oxygen atoms in total. The van der Waals surface area contributed by atoms with Crippen LogP contribution in [-0.2, 0) is 9.59 Å². The summed E-state index contributed by atoms with van der Waals surface area (Å²) in [7, 11) is 0. The SMILES string of the molecule is N#CC(C(=O)CN1C(=O)S/C(=C\c2cccs2)C1=O)c1ccccn1. The Bertz CT molecular complexity index is 886. The first-order chi connectivity index (χ1) is 12.1. The minimum atomic E-state index is -1.11. The predicted molar refractivity (Wildman–Crippen MR) is 94.6 cm³/mol. The maximum atomic E-state index is 12.4. The predicted octanol–water partition coefficient (Wildman–Crippen LogP) is 3.06. The molecule has 1 unspecified atom stereocenters. The van der Waals surface area contributed by atoms with Gasteiger partial charge in [0.25, 0.3) is 11.1 Å². The van der Waals surface area contributed by atoms with E-state index < -0.39 is 29.4 Å². The minimum Gasteiger partial charge on any atom is -0.296 e. The average Bonchev–Trinajstić information content (AvgIpc) is 3.21. The summed E-state index contributed by atoms with van der Waals surface area (Å²) in [5.74, 6) is -2.17. The van der Waals surface area contributed by atoms with Crippen LogP contribution in [0.2, 0.25) is 0 Å². The monoisotopic (exact) mass is 369 g/mol. The van der Waals surface area contributed by atoms with E-state index in [2.05, 4.69) is 4.98 Å². The van der Waals surface area contributed by atoms with Gasteiger partial charge in [-0.3, -0.25) is 24.3 Å². The lowest BCUT2D eigenvalue weighted by Gasteiger charge is -2.13. The quantitative estimate of drug-likeness (QED) is 0.752. The fraction of sp³-hybridized carbons (Fsp3) is 0.118. The van der Waals surface area contributed by atoms with Crippen molar-refractivity contribution in [3.8, 4) is 6.07 Å². The number of hydrogen-bond donors (Lipinski definition) is 0. The van der Waals surface area contributed by atoms with E-state index in [1.54, 1.807) is 24.3 Å². The number of amides is 2. The van der Waals surface area contributed by atoms with E-state index in [-0.39, 0.29) is 4.91 Å². The number of thiophene rings is 1. The van der Waals surface area contributed by atoms with Crippen LogP contribution in [0.4, 0.5) is 4.79 Å². The van der Waals surface area contributed by atoms with Gasteiger partial charge in [0.1, 0.15) is 5.92 Å². The van der Waals surface area contributed by atoms with E-state index in [1.165, 1.54) is 17.5 Å². The lowest BCUT2D eigenvalue weighted by Crippen LogP contribution is -2.35. The van der Waals surface area contributed by atoms with E-state index in [0.29, 0.717) is 5.69 Å². The van der Waals surface area contributed by atoms with Crippen molar-refractivity contribution in [3.05, 3.63) is 57.4 Å². The first-order valence-electron chi connectivity index (χ1n) is 7.22. The van der Waals surface area contributed by atoms with Crippen LogP contribution in [0, 0.1) is 11.3 Å². The number of thioether (sulfide) groups is 1. The molecule has 0 radical (unpaired) electrons. The van der Waals surface area contributed by atoms with Gasteiger partial charge in [-0.25, -0.2) is 0 Å². The largest absolute Gasteiger partial charge is 0.296 e. The Morgan fingerprint density at radius 2 is 2.16 bits per heavy atom. The molecule has 0 N–H and O–H groups in total. The number of rotatable bonds is 5. The molecule has 2 aromatic heterocycles. The number of pyridine rings is 1. The first kappa shape index (κ1) is 17.1. The van der Waals surface area contributed by atoms with Gasteiger partial charge in [0.2, 0.25) is 0 Å². The molecular formula is C17H11N3O3S2. The molecule has 25 heavy (non-hydrogen) atoms. The highest BCUT2D eigenvalue weighted by atomic mass is 32.2. The average molecular weight is 369 g/mol. The molecule has 1 atom stereocenters. The number of aromatic nitrogens is 1. The molecule has 3 rings (SSSR count). The number of ketones is 1. The summed E-state index contributed by atoms with van der Waals surface area (Å²) >= 11 is 2.24. The van der Waals surface area contributed by atoms with Crippen molar-refractivity contribution < 1.29 is 14.4 Å². The van der Waals surface area contributed by atoms with Gasteiger partial charge in [-0.2, -0.15) is 5.26 Å². The van der Waals surface area contributed by atoms with E-state index in [4.69, 9.17) is 0 Å². The molecule has 1 aliphatic rings. The van der Waals surface area contributed by atoms with Crippen LogP contribution in [-0.4, -0.2) is 33.4 Å². The van der Waals surface area contributed by atoms with Crippen LogP contribution in [0.15, 0.2) is 46.8 Å². The molecule has 1 fully saturated rings. The lowest BCUT2D eigenvalue weighted by molar-refractivity contribution is -0.128. The van der Waals surface area contributed by atoms with Crippen LogP contribution in [0.25, 0.3) is 6.08 Å². The minimum absolute atomic E-state index is 0.270. The number of carbonyl (C=O) groups is 3. The van der Waals surface area contributed by atoms with Gasteiger partial charge in [0.05, 0.1) is 23.2 Å². The molecule has 0 spiro atoms. The maximum Gasteiger partial charge on any atom is 0.293 e. The smallest absolute Gasteiger partial charge is 0.293 e. The molecule has 0 saturated carbocycles. The first-order valence-corrected chi connectivity index (χ1v) is 8.92. The number of Topliss-reactive ketones (excluding diaryl/α,β-unsaturated/α-hetero) is 1. The van der Waals surface area contributed by atoms with Crippen LogP contribution in [0.5, 0.6) is 0 Å². The van der Waals surface area contributed by atoms with Crippen molar-refractivity contribution in [2.45, 2.75) is 5.92 Å². The van der Waals surface area contributed by atoms with Crippen molar-refractivity contribution in [2.75, 3.05) is 6.54 Å². The van der Waals surface area contributed by atoms with Crippen molar-refractivity contribution in [2.24, 2.45) is 0 Å². The van der Waals surface area contributed by atoms with E-state index in [0.717, 1.165) is 21.5 Å². The summed E-state index contributed by atoms with van der Waals surface area (Å²) in [4.78, 5) is 42.9. The Morgan fingerprint density at radius 1 is 1.32 bits per heavy atom. The highest BCUT2D eigenvalue weighted by molar-refractivity contribution is 8.18. The molecule has 0 bridgehead atoms. The van der Waals surface area contributed by atoms with Crippen molar-refractivity contribution in [3.63, 3.8) is 0 Å². The Morgan fingerprint density at radius 3 is 2.80 bits per heavy atom. The standard InChI is InChI=1S/C17H11N3O3S2/c18-9-12(13-5-1-2-6-19-13)14(21)10-20-16(22)15(25-17(20)23)8-11-4-3-7-24-11/h1-8,12H,10H2/b15-8-. The highest BCUT2D eigenvalue weighted by Crippen LogP contribution is 2.33. The Balaban J connectivity index is 1.76. The van der Waals surface area contributed by atoms with Crippen LogP contribution >= 0.6 is 23.1 Å². The summed E-state index contributed by atoms with van der Waals surface area (Å²) in [5, 5.41) is 10.6. The summed E-state index contributed by atoms with van der Waals surface area (Å²) in [5.41, 5.74) is 0.302. The Labute approximate surface area is 151 Å². The normalized spacial score (nSPS) is 16.9. The van der Waals surface area contributed by atoms with Gasteiger partial charge < -0.3 is 0 Å². The number of nitriles is 1. The zero-order chi connectivity index (χ0) is 17.8. The lowest BCUT2D eigenvalue weighted by atomic mass is 10.0. The molecule has 1 saturated heterocycles. The van der Waals surface area contributed by atoms with Crippen molar-refractivity contribution in [1.82, 2.24) is 9.88 Å². The maximum absolute atomic E-state index is 12.4. The Kier molecular flexibility index (Phi) is 5.07. The van der Waals surface area contributed by atoms with Crippen LogP contribution in [0.1, 0.15) is 16.5 Å².